The molecular formula is C47H26OS2. The van der Waals surface area contributed by atoms with Gasteiger partial charge in [-0.3, -0.25) is 4.79 Å². The number of carbonyl (C=O) groups is 1. The van der Waals surface area contributed by atoms with Crippen LogP contribution in [0.5, 0.6) is 0 Å². The predicted molar refractivity (Wildman–Crippen MR) is 215 cm³/mol. The van der Waals surface area contributed by atoms with Gasteiger partial charge < -0.3 is 0 Å². The summed E-state index contributed by atoms with van der Waals surface area (Å²) in [5, 5.41) is 12.5. The van der Waals surface area contributed by atoms with E-state index in [1.165, 1.54) is 101 Å². The molecule has 2 aliphatic carbocycles. The van der Waals surface area contributed by atoms with Crippen LogP contribution in [-0.2, 0) is 0 Å². The van der Waals surface area contributed by atoms with Crippen molar-refractivity contribution in [3.05, 3.63) is 142 Å². The van der Waals surface area contributed by atoms with Crippen molar-refractivity contribution in [2.45, 2.75) is 13.8 Å². The van der Waals surface area contributed by atoms with E-state index in [-0.39, 0.29) is 5.78 Å². The molecule has 2 aromatic heterocycles. The Labute approximate surface area is 296 Å². The molecule has 12 rings (SSSR count). The normalized spacial score (nSPS) is 13.0. The summed E-state index contributed by atoms with van der Waals surface area (Å²) < 4.78 is 0. The van der Waals surface area contributed by atoms with E-state index in [1.807, 2.05) is 40.9 Å². The molecule has 0 atom stereocenters. The standard InChI is InChI=1S/C47H26OS2/c1-23-11-21-37(49-23)43-26-8-4-5-9-27(26)44(38-22-12-24(2)50-38)46-35-19-16-31-32-17-20-36-41-28(25-7-3-6-10-33(25)47(36)48)13-14-29(39(32)41)30-15-18-34(45(43)46)42(35)40(30)31/h3-22H,1-2H3. The van der Waals surface area contributed by atoms with Crippen LogP contribution < -0.4 is 0 Å². The van der Waals surface area contributed by atoms with Crippen LogP contribution in [0.2, 0.25) is 0 Å². The fourth-order valence-corrected chi connectivity index (χ4v) is 11.3. The summed E-state index contributed by atoms with van der Waals surface area (Å²) in [5.74, 6) is 0.117. The Balaban J connectivity index is 1.27. The van der Waals surface area contributed by atoms with Crippen molar-refractivity contribution in [3.8, 4) is 54.3 Å². The number of rotatable bonds is 2. The quantitative estimate of drug-likeness (QED) is 0.132. The molecule has 0 amide bonds. The van der Waals surface area contributed by atoms with Crippen LogP contribution in [0.4, 0.5) is 0 Å². The molecule has 10 aromatic rings. The average molecular weight is 671 g/mol. The van der Waals surface area contributed by atoms with E-state index in [2.05, 4.69) is 117 Å². The second-order valence-corrected chi connectivity index (χ2v) is 16.5. The van der Waals surface area contributed by atoms with Gasteiger partial charge >= 0.3 is 0 Å². The Hall–Kier alpha value is -5.61. The first-order valence-corrected chi connectivity index (χ1v) is 18.8. The zero-order chi connectivity index (χ0) is 33.0. The molecule has 0 unspecified atom stereocenters. The molecule has 232 valence electrons. The molecule has 0 bridgehead atoms. The van der Waals surface area contributed by atoms with Gasteiger partial charge in [0, 0.05) is 58.3 Å². The monoisotopic (exact) mass is 670 g/mol. The summed E-state index contributed by atoms with van der Waals surface area (Å²) in [5.41, 5.74) is 11.8. The molecule has 0 N–H and O–H groups in total. The molecule has 0 aliphatic heterocycles. The highest BCUT2D eigenvalue weighted by Crippen LogP contribution is 2.61. The number of ketones is 1. The Morgan fingerprint density at radius 3 is 1.28 bits per heavy atom. The van der Waals surface area contributed by atoms with Crippen LogP contribution in [0, 0.1) is 13.8 Å². The highest BCUT2D eigenvalue weighted by Gasteiger charge is 2.34. The molecule has 50 heavy (non-hydrogen) atoms. The number of fused-ring (bicyclic) bond motifs is 8. The molecule has 0 saturated heterocycles. The fourth-order valence-electron chi connectivity index (χ4n) is 9.41. The molecule has 0 saturated carbocycles. The van der Waals surface area contributed by atoms with Gasteiger partial charge in [0.2, 0.25) is 0 Å². The number of hydrogen-bond acceptors (Lipinski definition) is 3. The molecular weight excluding hydrogens is 645 g/mol. The second-order valence-electron chi connectivity index (χ2n) is 13.9. The van der Waals surface area contributed by atoms with E-state index < -0.39 is 0 Å². The number of thiophene rings is 2. The van der Waals surface area contributed by atoms with Gasteiger partial charge in [-0.2, -0.15) is 0 Å². The molecule has 0 radical (unpaired) electrons. The third kappa shape index (κ3) is 3.21. The summed E-state index contributed by atoms with van der Waals surface area (Å²) in [6.07, 6.45) is 0. The summed E-state index contributed by atoms with van der Waals surface area (Å²) in [6.45, 7) is 4.42. The van der Waals surface area contributed by atoms with Crippen molar-refractivity contribution in [3.63, 3.8) is 0 Å². The van der Waals surface area contributed by atoms with Crippen LogP contribution in [0.25, 0.3) is 108 Å². The minimum atomic E-state index is 0.117. The Morgan fingerprint density at radius 1 is 0.340 bits per heavy atom. The van der Waals surface area contributed by atoms with Crippen molar-refractivity contribution < 1.29 is 4.79 Å². The molecule has 2 heterocycles. The minimum Gasteiger partial charge on any atom is -0.289 e. The van der Waals surface area contributed by atoms with Gasteiger partial charge in [-0.05, 0) is 115 Å². The molecule has 1 nitrogen and oxygen atoms in total. The highest BCUT2D eigenvalue weighted by molar-refractivity contribution is 7.16. The molecule has 3 heteroatoms. The summed E-state index contributed by atoms with van der Waals surface area (Å²) in [4.78, 5) is 19.2. The third-order valence-electron chi connectivity index (χ3n) is 11.3. The predicted octanol–water partition coefficient (Wildman–Crippen LogP) is 13.8. The molecule has 0 spiro atoms. The fraction of sp³-hybridized carbons (Fsp3) is 0.0426. The van der Waals surface area contributed by atoms with Crippen molar-refractivity contribution in [2.24, 2.45) is 0 Å². The smallest absolute Gasteiger partial charge is 0.194 e. The topological polar surface area (TPSA) is 17.1 Å². The van der Waals surface area contributed by atoms with Gasteiger partial charge in [0.05, 0.1) is 0 Å². The lowest BCUT2D eigenvalue weighted by Gasteiger charge is -2.23. The molecule has 0 fully saturated rings. The number of hydrogen-bond donors (Lipinski definition) is 0. The number of aryl methyl sites for hydroxylation is 2. The van der Waals surface area contributed by atoms with Crippen LogP contribution in [0.15, 0.2) is 121 Å². The van der Waals surface area contributed by atoms with Crippen molar-refractivity contribution >= 4 is 82.3 Å². The number of benzene rings is 8. The van der Waals surface area contributed by atoms with Crippen LogP contribution in [0.3, 0.4) is 0 Å². The minimum absolute atomic E-state index is 0.117. The van der Waals surface area contributed by atoms with Gasteiger partial charge in [0.25, 0.3) is 0 Å². The van der Waals surface area contributed by atoms with E-state index in [1.54, 1.807) is 0 Å². The van der Waals surface area contributed by atoms with Crippen LogP contribution in [-0.4, -0.2) is 5.78 Å². The maximum atomic E-state index is 13.9. The molecule has 8 aromatic carbocycles. The summed E-state index contributed by atoms with van der Waals surface area (Å²) in [7, 11) is 0. The second kappa shape index (κ2) is 9.34. The van der Waals surface area contributed by atoms with E-state index in [4.69, 9.17) is 0 Å². The van der Waals surface area contributed by atoms with E-state index >= 15 is 0 Å². The van der Waals surface area contributed by atoms with Crippen molar-refractivity contribution in [2.75, 3.05) is 0 Å². The Morgan fingerprint density at radius 2 is 0.780 bits per heavy atom. The van der Waals surface area contributed by atoms with E-state index in [0.717, 1.165) is 27.6 Å². The summed E-state index contributed by atoms with van der Waals surface area (Å²) in [6, 6.07) is 44.6. The zero-order valence-electron chi connectivity index (χ0n) is 27.3. The lowest BCUT2D eigenvalue weighted by atomic mass is 9.79. The maximum Gasteiger partial charge on any atom is 0.194 e. The van der Waals surface area contributed by atoms with E-state index in [0.29, 0.717) is 0 Å². The first-order valence-electron chi connectivity index (χ1n) is 17.1. The maximum absolute atomic E-state index is 13.9. The van der Waals surface area contributed by atoms with Gasteiger partial charge in [-0.1, -0.05) is 91.0 Å². The third-order valence-corrected chi connectivity index (χ3v) is 13.4. The van der Waals surface area contributed by atoms with Gasteiger partial charge in [0.1, 0.15) is 0 Å². The van der Waals surface area contributed by atoms with Gasteiger partial charge in [-0.15, -0.1) is 22.7 Å². The zero-order valence-corrected chi connectivity index (χ0v) is 28.9. The van der Waals surface area contributed by atoms with E-state index in [9.17, 15) is 4.79 Å². The van der Waals surface area contributed by atoms with Gasteiger partial charge in [-0.25, -0.2) is 0 Å². The highest BCUT2D eigenvalue weighted by atomic mass is 32.1. The first kappa shape index (κ1) is 27.2. The SMILES string of the molecule is Cc1ccc(-c2c3c(c(-c4ccc(C)s4)c4ccccc24)-c2ccc4c5ccc6c7c(ccc(c8ccc-3c2c84)c75)C(=O)c2ccccc2-6)s1. The number of carbonyl (C=O) groups excluding carboxylic acids is 1. The largest absolute Gasteiger partial charge is 0.289 e. The van der Waals surface area contributed by atoms with Crippen LogP contribution in [0.1, 0.15) is 25.7 Å². The van der Waals surface area contributed by atoms with Crippen LogP contribution >= 0.6 is 22.7 Å². The summed E-state index contributed by atoms with van der Waals surface area (Å²) >= 11 is 3.77. The Kier molecular flexibility index (Phi) is 5.09. The average Bonchev–Trinajstić information content (AvgIpc) is 3.87. The molecule has 2 aliphatic rings. The van der Waals surface area contributed by atoms with Gasteiger partial charge in [0.15, 0.2) is 5.78 Å². The van der Waals surface area contributed by atoms with Crippen molar-refractivity contribution in [1.29, 1.82) is 0 Å². The lowest BCUT2D eigenvalue weighted by molar-refractivity contribution is 0.104. The Bertz CT molecular complexity index is 3050. The lowest BCUT2D eigenvalue weighted by Crippen LogP contribution is -2.10. The first-order chi connectivity index (χ1) is 24.6. The van der Waals surface area contributed by atoms with Crippen molar-refractivity contribution in [1.82, 2.24) is 0 Å².